The highest BCUT2D eigenvalue weighted by atomic mass is 32.2. The SMILES string of the molecule is COC(=O)C1=C(C(=O)OC)C2=CC=CC3=C(C(=O)c4ccccc4)C(SC)=C(C#N)C(=N1)N23. The quantitative estimate of drug-likeness (QED) is 0.488. The number of benzene rings is 1. The van der Waals surface area contributed by atoms with Gasteiger partial charge >= 0.3 is 11.9 Å². The zero-order valence-electron chi connectivity index (χ0n) is 17.9. The number of methoxy groups -OCH3 is 2. The van der Waals surface area contributed by atoms with Crippen molar-refractivity contribution in [3.63, 3.8) is 0 Å². The molecule has 164 valence electrons. The molecule has 0 aliphatic carbocycles. The van der Waals surface area contributed by atoms with E-state index < -0.39 is 11.9 Å². The molecule has 33 heavy (non-hydrogen) atoms. The summed E-state index contributed by atoms with van der Waals surface area (Å²) in [5.74, 6) is -1.80. The molecule has 0 saturated carbocycles. The Balaban J connectivity index is 2.06. The molecule has 1 aromatic carbocycles. The number of ether oxygens (including phenoxy) is 2. The van der Waals surface area contributed by atoms with Crippen LogP contribution in [-0.4, -0.2) is 48.9 Å². The molecule has 0 bridgehead atoms. The van der Waals surface area contributed by atoms with Crippen LogP contribution in [0.1, 0.15) is 10.4 Å². The van der Waals surface area contributed by atoms with Crippen LogP contribution in [0.3, 0.4) is 0 Å². The Morgan fingerprint density at radius 3 is 2.36 bits per heavy atom. The van der Waals surface area contributed by atoms with Crippen molar-refractivity contribution >= 4 is 35.3 Å². The van der Waals surface area contributed by atoms with Crippen LogP contribution >= 0.6 is 11.8 Å². The van der Waals surface area contributed by atoms with E-state index in [1.54, 1.807) is 54.8 Å². The van der Waals surface area contributed by atoms with Gasteiger partial charge in [0.1, 0.15) is 17.2 Å². The molecule has 0 atom stereocenters. The average Bonchev–Trinajstić information content (AvgIpc) is 2.87. The van der Waals surface area contributed by atoms with Crippen molar-refractivity contribution in [2.24, 2.45) is 4.99 Å². The normalized spacial score (nSPS) is 16.6. The second kappa shape index (κ2) is 8.76. The highest BCUT2D eigenvalue weighted by Gasteiger charge is 2.43. The first kappa shape index (κ1) is 22.0. The number of nitriles is 1. The number of carbonyl (C=O) groups is 3. The van der Waals surface area contributed by atoms with Gasteiger partial charge in [0, 0.05) is 10.5 Å². The van der Waals surface area contributed by atoms with Gasteiger partial charge in [-0.3, -0.25) is 9.69 Å². The Labute approximate surface area is 193 Å². The average molecular weight is 459 g/mol. The molecular formula is C24H17N3O5S. The molecule has 3 aliphatic rings. The minimum Gasteiger partial charge on any atom is -0.465 e. The number of esters is 2. The molecule has 9 heteroatoms. The van der Waals surface area contributed by atoms with E-state index in [1.807, 2.05) is 0 Å². The molecule has 0 aromatic heterocycles. The summed E-state index contributed by atoms with van der Waals surface area (Å²) >= 11 is 1.23. The fourth-order valence-corrected chi connectivity index (χ4v) is 4.52. The van der Waals surface area contributed by atoms with Gasteiger partial charge in [-0.05, 0) is 18.4 Å². The summed E-state index contributed by atoms with van der Waals surface area (Å²) < 4.78 is 9.72. The summed E-state index contributed by atoms with van der Waals surface area (Å²) in [5, 5.41) is 10.0. The van der Waals surface area contributed by atoms with Crippen molar-refractivity contribution in [1.29, 1.82) is 5.26 Å². The first-order chi connectivity index (χ1) is 16.0. The maximum atomic E-state index is 13.6. The summed E-state index contributed by atoms with van der Waals surface area (Å²) in [5.41, 5.74) is 1.16. The van der Waals surface area contributed by atoms with Crippen LogP contribution in [-0.2, 0) is 19.1 Å². The van der Waals surface area contributed by atoms with Crippen LogP contribution < -0.4 is 0 Å². The molecule has 8 nitrogen and oxygen atoms in total. The second-order valence-electron chi connectivity index (χ2n) is 6.86. The topological polar surface area (TPSA) is 109 Å². The number of ketones is 1. The lowest BCUT2D eigenvalue weighted by molar-refractivity contribution is -0.139. The lowest BCUT2D eigenvalue weighted by Gasteiger charge is -2.39. The van der Waals surface area contributed by atoms with Gasteiger partial charge in [-0.25, -0.2) is 14.6 Å². The van der Waals surface area contributed by atoms with Gasteiger partial charge < -0.3 is 9.47 Å². The highest BCUT2D eigenvalue weighted by Crippen LogP contribution is 2.44. The van der Waals surface area contributed by atoms with Crippen molar-refractivity contribution in [3.8, 4) is 6.07 Å². The summed E-state index contributed by atoms with van der Waals surface area (Å²) in [7, 11) is 2.36. The molecule has 0 saturated heterocycles. The standard InChI is InChI=1S/C24H17N3O5S/c1-31-23(29)17-15-10-7-11-16-18(20(28)13-8-5-4-6-9-13)21(33-3)14(12-25)22(27(15)16)26-19(17)24(30)32-2/h4-11H,1-3H3. The number of rotatable bonds is 5. The fraction of sp³-hybridized carbons (Fsp3) is 0.125. The van der Waals surface area contributed by atoms with E-state index in [0.717, 1.165) is 0 Å². The Morgan fingerprint density at radius 1 is 1.06 bits per heavy atom. The van der Waals surface area contributed by atoms with Gasteiger partial charge in [-0.2, -0.15) is 5.26 Å². The number of hydrogen-bond acceptors (Lipinski definition) is 9. The number of carbonyl (C=O) groups excluding carboxylic acids is 3. The van der Waals surface area contributed by atoms with E-state index in [1.165, 1.54) is 30.9 Å². The number of aliphatic imine (C=N–C) groups is 1. The molecule has 0 fully saturated rings. The van der Waals surface area contributed by atoms with Crippen molar-refractivity contribution in [1.82, 2.24) is 4.90 Å². The van der Waals surface area contributed by atoms with E-state index >= 15 is 0 Å². The molecule has 0 spiro atoms. The van der Waals surface area contributed by atoms with Crippen LogP contribution in [0.15, 0.2) is 92.3 Å². The minimum atomic E-state index is -0.849. The lowest BCUT2D eigenvalue weighted by atomic mass is 9.90. The van der Waals surface area contributed by atoms with Gasteiger partial charge in [0.05, 0.1) is 31.2 Å². The number of allylic oxidation sites excluding steroid dienone is 4. The number of amidine groups is 1. The smallest absolute Gasteiger partial charge is 0.357 e. The van der Waals surface area contributed by atoms with Crippen molar-refractivity contribution in [2.75, 3.05) is 20.5 Å². The van der Waals surface area contributed by atoms with Crippen LogP contribution in [0.2, 0.25) is 0 Å². The maximum Gasteiger partial charge on any atom is 0.357 e. The van der Waals surface area contributed by atoms with Crippen molar-refractivity contribution in [2.45, 2.75) is 0 Å². The number of hydrogen-bond donors (Lipinski definition) is 0. The van der Waals surface area contributed by atoms with Crippen LogP contribution in [0.25, 0.3) is 0 Å². The molecule has 3 heterocycles. The van der Waals surface area contributed by atoms with Gasteiger partial charge in [0.15, 0.2) is 17.3 Å². The van der Waals surface area contributed by atoms with Crippen LogP contribution in [0.5, 0.6) is 0 Å². The molecule has 0 radical (unpaired) electrons. The number of thioether (sulfide) groups is 1. The third-order valence-electron chi connectivity index (χ3n) is 5.19. The van der Waals surface area contributed by atoms with E-state index in [0.29, 0.717) is 21.7 Å². The van der Waals surface area contributed by atoms with Crippen molar-refractivity contribution in [3.05, 3.63) is 92.8 Å². The second-order valence-corrected chi connectivity index (χ2v) is 7.68. The van der Waals surface area contributed by atoms with Crippen molar-refractivity contribution < 1.29 is 23.9 Å². The third kappa shape index (κ3) is 3.41. The summed E-state index contributed by atoms with van der Waals surface area (Å²) in [4.78, 5) is 45.1. The Kier molecular flexibility index (Phi) is 5.85. The van der Waals surface area contributed by atoms with E-state index in [2.05, 4.69) is 11.1 Å². The van der Waals surface area contributed by atoms with Gasteiger partial charge in [0.25, 0.3) is 0 Å². The van der Waals surface area contributed by atoms with Gasteiger partial charge in [-0.1, -0.05) is 36.4 Å². The fourth-order valence-electron chi connectivity index (χ4n) is 3.78. The molecule has 4 rings (SSSR count). The van der Waals surface area contributed by atoms with Crippen LogP contribution in [0, 0.1) is 11.3 Å². The lowest BCUT2D eigenvalue weighted by Crippen LogP contribution is -2.42. The van der Waals surface area contributed by atoms with E-state index in [-0.39, 0.29) is 34.2 Å². The summed E-state index contributed by atoms with van der Waals surface area (Å²) in [6.45, 7) is 0. The first-order valence-corrected chi connectivity index (χ1v) is 10.9. The predicted molar refractivity (Wildman–Crippen MR) is 122 cm³/mol. The number of nitrogens with zero attached hydrogens (tertiary/aromatic N) is 3. The zero-order valence-corrected chi connectivity index (χ0v) is 18.7. The summed E-state index contributed by atoms with van der Waals surface area (Å²) in [6, 6.07) is 10.8. The van der Waals surface area contributed by atoms with E-state index in [9.17, 15) is 19.6 Å². The minimum absolute atomic E-state index is 0.108. The predicted octanol–water partition coefficient (Wildman–Crippen LogP) is 3.05. The highest BCUT2D eigenvalue weighted by molar-refractivity contribution is 8.02. The monoisotopic (exact) mass is 459 g/mol. The van der Waals surface area contributed by atoms with E-state index in [4.69, 9.17) is 9.47 Å². The number of Topliss-reactive ketones (excluding diaryl/α,β-unsaturated/α-hetero) is 1. The largest absolute Gasteiger partial charge is 0.465 e. The van der Waals surface area contributed by atoms with Gasteiger partial charge in [0.2, 0.25) is 0 Å². The Bertz CT molecular complexity index is 1320. The first-order valence-electron chi connectivity index (χ1n) is 9.70. The molecule has 0 N–H and O–H groups in total. The third-order valence-corrected chi connectivity index (χ3v) is 6.01. The molecule has 0 amide bonds. The van der Waals surface area contributed by atoms with Gasteiger partial charge in [-0.15, -0.1) is 11.8 Å². The molecule has 1 aromatic rings. The zero-order chi connectivity index (χ0) is 23.7. The maximum absolute atomic E-state index is 13.6. The molecular weight excluding hydrogens is 442 g/mol. The Hall–Kier alpha value is -4.16. The molecule has 3 aliphatic heterocycles. The Morgan fingerprint density at radius 2 is 1.76 bits per heavy atom. The summed E-state index contributed by atoms with van der Waals surface area (Å²) in [6.07, 6.45) is 6.72. The van der Waals surface area contributed by atoms with Crippen LogP contribution in [0.4, 0.5) is 0 Å². The molecule has 0 unspecified atom stereocenters.